The van der Waals surface area contributed by atoms with E-state index in [4.69, 9.17) is 4.98 Å². The van der Waals surface area contributed by atoms with Gasteiger partial charge >= 0.3 is 6.03 Å². The molecule has 3 aromatic heterocycles. The number of aromatic nitrogens is 2. The maximum atomic E-state index is 13.5. The second-order valence-electron chi connectivity index (χ2n) is 7.99. The number of hydrazone groups is 1. The second-order valence-corrected chi connectivity index (χ2v) is 9.94. The fourth-order valence-corrected chi connectivity index (χ4v) is 5.97. The molecule has 9 heteroatoms. The molecule has 0 saturated carbocycles. The van der Waals surface area contributed by atoms with Crippen molar-refractivity contribution >= 4 is 49.6 Å². The van der Waals surface area contributed by atoms with Crippen molar-refractivity contribution in [2.24, 2.45) is 5.10 Å². The molecular weight excluding hydrogens is 478 g/mol. The Kier molecular flexibility index (Phi) is 5.48. The molecule has 172 valence electrons. The third-order valence-corrected chi connectivity index (χ3v) is 7.72. The highest BCUT2D eigenvalue weighted by atomic mass is 32.1. The summed E-state index contributed by atoms with van der Waals surface area (Å²) in [4.78, 5) is 22.5. The van der Waals surface area contributed by atoms with Crippen LogP contribution in [-0.2, 0) is 0 Å². The maximum Gasteiger partial charge on any atom is 0.343 e. The van der Waals surface area contributed by atoms with E-state index in [0.717, 1.165) is 32.1 Å². The van der Waals surface area contributed by atoms with Crippen LogP contribution in [0.25, 0.3) is 20.8 Å². The van der Waals surface area contributed by atoms with Crippen LogP contribution in [0.1, 0.15) is 23.6 Å². The van der Waals surface area contributed by atoms with Gasteiger partial charge in [-0.1, -0.05) is 36.4 Å². The van der Waals surface area contributed by atoms with E-state index in [1.807, 2.05) is 60.0 Å². The monoisotopic (exact) mass is 497 g/mol. The Balaban J connectivity index is 1.33. The van der Waals surface area contributed by atoms with Gasteiger partial charge in [0.05, 0.1) is 22.0 Å². The van der Waals surface area contributed by atoms with Crippen molar-refractivity contribution in [2.45, 2.75) is 12.5 Å². The van der Waals surface area contributed by atoms with Crippen LogP contribution < -0.4 is 5.32 Å². The number of rotatable bonds is 4. The smallest absolute Gasteiger partial charge is 0.343 e. The molecule has 0 bridgehead atoms. The predicted octanol–water partition coefficient (Wildman–Crippen LogP) is 6.51. The highest BCUT2D eigenvalue weighted by Gasteiger charge is 2.35. The molecule has 0 aliphatic carbocycles. The molecule has 2 N–H and O–H groups in total. The van der Waals surface area contributed by atoms with E-state index in [9.17, 15) is 9.90 Å². The van der Waals surface area contributed by atoms with Crippen molar-refractivity contribution < 1.29 is 9.90 Å². The van der Waals surface area contributed by atoms with Gasteiger partial charge in [-0.3, -0.25) is 10.3 Å². The highest BCUT2D eigenvalue weighted by molar-refractivity contribution is 7.22. The maximum absolute atomic E-state index is 13.5. The van der Waals surface area contributed by atoms with Crippen LogP contribution in [0.15, 0.2) is 89.6 Å². The molecule has 5 aromatic rings. The highest BCUT2D eigenvalue weighted by Crippen LogP contribution is 2.40. The van der Waals surface area contributed by atoms with Crippen LogP contribution >= 0.6 is 22.7 Å². The number of benzene rings is 2. The summed E-state index contributed by atoms with van der Waals surface area (Å²) in [5, 5.41) is 23.1. The summed E-state index contributed by atoms with van der Waals surface area (Å²) in [7, 11) is 0. The summed E-state index contributed by atoms with van der Waals surface area (Å²) in [6.45, 7) is 0. The summed E-state index contributed by atoms with van der Waals surface area (Å²) in [6.07, 6.45) is 3.89. The molecule has 35 heavy (non-hydrogen) atoms. The van der Waals surface area contributed by atoms with Crippen molar-refractivity contribution in [1.82, 2.24) is 15.0 Å². The van der Waals surface area contributed by atoms with E-state index >= 15 is 0 Å². The van der Waals surface area contributed by atoms with Gasteiger partial charge in [0, 0.05) is 35.5 Å². The number of carbonyl (C=O) groups is 1. The standard InChI is InChI=1S/C26H19N5O2S2/c32-22-9-3-1-7-17(22)21-14-20(16-6-5-12-27-15-16)30-31(21)26(33)29-24-18(11-13-34-24)25-28-19-8-2-4-10-23(19)35-25/h1-13,15,21,32H,14H2,(H,29,33). The molecule has 6 rings (SSSR count). The number of carbonyl (C=O) groups excluding carboxylic acids is 1. The number of hydrogen-bond donors (Lipinski definition) is 2. The fourth-order valence-electron chi connectivity index (χ4n) is 4.13. The first kappa shape index (κ1) is 21.5. The first-order chi connectivity index (χ1) is 17.2. The zero-order chi connectivity index (χ0) is 23.8. The van der Waals surface area contributed by atoms with Gasteiger partial charge in [0.1, 0.15) is 15.8 Å². The van der Waals surface area contributed by atoms with Crippen LogP contribution in [0, 0.1) is 0 Å². The number of anilines is 1. The molecule has 2 amide bonds. The lowest BCUT2D eigenvalue weighted by Gasteiger charge is -2.23. The number of urea groups is 1. The molecule has 7 nitrogen and oxygen atoms in total. The molecule has 1 aliphatic rings. The third kappa shape index (κ3) is 4.05. The number of thiophene rings is 1. The Morgan fingerprint density at radius 1 is 1.06 bits per heavy atom. The van der Waals surface area contributed by atoms with E-state index in [-0.39, 0.29) is 11.8 Å². The minimum atomic E-state index is -0.447. The van der Waals surface area contributed by atoms with Gasteiger partial charge in [-0.25, -0.2) is 14.8 Å². The Bertz CT molecular complexity index is 1530. The summed E-state index contributed by atoms with van der Waals surface area (Å²) in [6, 6.07) is 19.9. The molecule has 0 spiro atoms. The molecule has 2 aromatic carbocycles. The Labute approximate surface area is 209 Å². The number of fused-ring (bicyclic) bond motifs is 1. The summed E-state index contributed by atoms with van der Waals surface area (Å²) < 4.78 is 1.09. The number of hydrogen-bond acceptors (Lipinski definition) is 7. The molecule has 0 fully saturated rings. The largest absolute Gasteiger partial charge is 0.508 e. The Morgan fingerprint density at radius 2 is 1.91 bits per heavy atom. The zero-order valence-electron chi connectivity index (χ0n) is 18.3. The van der Waals surface area contributed by atoms with Crippen LogP contribution in [0.3, 0.4) is 0 Å². The van der Waals surface area contributed by atoms with Gasteiger partial charge in [0.2, 0.25) is 0 Å². The Morgan fingerprint density at radius 3 is 2.74 bits per heavy atom. The van der Waals surface area contributed by atoms with Gasteiger partial charge in [0.25, 0.3) is 0 Å². The quantitative estimate of drug-likeness (QED) is 0.296. The predicted molar refractivity (Wildman–Crippen MR) is 140 cm³/mol. The molecule has 1 unspecified atom stereocenters. The number of pyridine rings is 1. The van der Waals surface area contributed by atoms with Crippen molar-refractivity contribution in [1.29, 1.82) is 0 Å². The normalized spacial score (nSPS) is 15.4. The van der Waals surface area contributed by atoms with Crippen LogP contribution in [0.4, 0.5) is 9.80 Å². The number of para-hydroxylation sites is 2. The van der Waals surface area contributed by atoms with Gasteiger partial charge < -0.3 is 5.11 Å². The lowest BCUT2D eigenvalue weighted by Crippen LogP contribution is -2.31. The van der Waals surface area contributed by atoms with E-state index < -0.39 is 6.04 Å². The molecule has 0 radical (unpaired) electrons. The number of nitrogens with zero attached hydrogens (tertiary/aromatic N) is 4. The van der Waals surface area contributed by atoms with Crippen molar-refractivity contribution in [3.63, 3.8) is 0 Å². The molecule has 4 heterocycles. The van der Waals surface area contributed by atoms with E-state index in [1.54, 1.807) is 35.9 Å². The van der Waals surface area contributed by atoms with Crippen LogP contribution in [-0.4, -0.2) is 31.8 Å². The van der Waals surface area contributed by atoms with Crippen molar-refractivity contribution in [3.05, 3.63) is 95.6 Å². The van der Waals surface area contributed by atoms with Gasteiger partial charge in [-0.2, -0.15) is 5.10 Å². The zero-order valence-corrected chi connectivity index (χ0v) is 20.0. The SMILES string of the molecule is O=C(Nc1sccc1-c1nc2ccccc2s1)N1N=C(c2cccnc2)CC1c1ccccc1O. The summed E-state index contributed by atoms with van der Waals surface area (Å²) in [5.74, 6) is 0.129. The van der Waals surface area contributed by atoms with E-state index in [1.165, 1.54) is 16.3 Å². The summed E-state index contributed by atoms with van der Waals surface area (Å²) >= 11 is 3.03. The molecular formula is C26H19N5O2S2. The number of nitrogens with one attached hydrogen (secondary N) is 1. The Hall–Kier alpha value is -4.08. The molecule has 1 atom stereocenters. The van der Waals surface area contributed by atoms with Crippen molar-refractivity contribution in [3.8, 4) is 16.3 Å². The number of phenols is 1. The summed E-state index contributed by atoms with van der Waals surface area (Å²) in [5.41, 5.74) is 4.02. The lowest BCUT2D eigenvalue weighted by atomic mass is 9.98. The average molecular weight is 498 g/mol. The second kappa shape index (κ2) is 8.94. The minimum Gasteiger partial charge on any atom is -0.508 e. The van der Waals surface area contributed by atoms with Gasteiger partial charge in [-0.15, -0.1) is 22.7 Å². The first-order valence-corrected chi connectivity index (χ1v) is 12.7. The van der Waals surface area contributed by atoms with Gasteiger partial charge in [0.15, 0.2) is 0 Å². The van der Waals surface area contributed by atoms with Crippen molar-refractivity contribution in [2.75, 3.05) is 5.32 Å². The number of thiazole rings is 1. The lowest BCUT2D eigenvalue weighted by molar-refractivity contribution is 0.199. The average Bonchev–Trinajstić information content (AvgIpc) is 3.62. The number of amides is 2. The molecule has 1 aliphatic heterocycles. The number of aromatic hydroxyl groups is 1. The van der Waals surface area contributed by atoms with Gasteiger partial charge in [-0.05, 0) is 35.7 Å². The first-order valence-electron chi connectivity index (χ1n) is 11.0. The number of phenolic OH excluding ortho intramolecular Hbond substituents is 1. The van der Waals surface area contributed by atoms with Crippen LogP contribution in [0.2, 0.25) is 0 Å². The molecule has 0 saturated heterocycles. The third-order valence-electron chi connectivity index (χ3n) is 5.82. The fraction of sp³-hybridized carbons (Fsp3) is 0.0769. The minimum absolute atomic E-state index is 0.129. The van der Waals surface area contributed by atoms with Crippen LogP contribution in [0.5, 0.6) is 5.75 Å². The van der Waals surface area contributed by atoms with E-state index in [0.29, 0.717) is 17.0 Å². The van der Waals surface area contributed by atoms with E-state index in [2.05, 4.69) is 15.4 Å². The topological polar surface area (TPSA) is 90.7 Å².